The lowest BCUT2D eigenvalue weighted by Gasteiger charge is -2.42. The van der Waals surface area contributed by atoms with Crippen molar-refractivity contribution in [2.75, 3.05) is 40.9 Å². The Morgan fingerprint density at radius 3 is 2.49 bits per heavy atom. The van der Waals surface area contributed by atoms with Crippen molar-refractivity contribution in [1.82, 2.24) is 4.90 Å². The molecule has 1 amide bonds. The Morgan fingerprint density at radius 1 is 1.00 bits per heavy atom. The number of fused-ring (bicyclic) bond motifs is 3. The number of nitrogens with zero attached hydrogens (tertiary/aromatic N) is 1. The number of cyclic esters (lactones) is 1. The second kappa shape index (κ2) is 27.4. The molecular weight excluding hydrogens is 887 g/mol. The summed E-state index contributed by atoms with van der Waals surface area (Å²) >= 11 is 0. The van der Waals surface area contributed by atoms with Crippen molar-refractivity contribution in [3.05, 3.63) is 47.5 Å². The van der Waals surface area contributed by atoms with E-state index in [2.05, 4.69) is 24.8 Å². The van der Waals surface area contributed by atoms with Crippen molar-refractivity contribution in [2.24, 2.45) is 41.3 Å². The molecule has 390 valence electrons. The zero-order chi connectivity index (χ0) is 102. The fourth-order valence-corrected chi connectivity index (χ4v) is 5.20. The summed E-state index contributed by atoms with van der Waals surface area (Å²) in [7, 11) is -4.69. The molecular formula is C54H85NO14. The molecule has 4 rings (SSSR count). The molecule has 1 unspecified atom stereocenters. The number of ketones is 3. The van der Waals surface area contributed by atoms with Crippen molar-refractivity contribution < 1.29 is 143 Å². The Morgan fingerprint density at radius 2 is 1.80 bits per heavy atom. The Balaban J connectivity index is 2.73. The van der Waals surface area contributed by atoms with Gasteiger partial charge in [-0.3, -0.25) is 19.2 Å². The minimum Gasteiger partial charge on any atom is -0.460 e. The molecule has 3 fully saturated rings. The predicted molar refractivity (Wildman–Crippen MR) is 261 cm³/mol. The number of ether oxygens (including phenoxy) is 6. The summed E-state index contributed by atoms with van der Waals surface area (Å²) in [5.41, 5.74) is -4.89. The van der Waals surface area contributed by atoms with Gasteiger partial charge >= 0.3 is 5.97 Å². The third kappa shape index (κ3) is 15.3. The van der Waals surface area contributed by atoms with E-state index in [0.717, 1.165) is 0 Å². The number of piperidine rings is 1. The quantitative estimate of drug-likeness (QED) is 0.109. The van der Waals surface area contributed by atoms with Crippen molar-refractivity contribution in [1.29, 1.82) is 4.29 Å². The number of carbonyl (C=O) groups is 5. The molecule has 3 heterocycles. The molecule has 1 saturated carbocycles. The number of carbonyl (C=O) groups excluding carboxylic acids is 5. The molecule has 2 saturated heterocycles. The van der Waals surface area contributed by atoms with E-state index in [1.165, 1.54) is 0 Å². The predicted octanol–water partition coefficient (Wildman–Crippen LogP) is 6.44. The van der Waals surface area contributed by atoms with Crippen LogP contribution in [0.25, 0.3) is 0 Å². The second-order valence-electron chi connectivity index (χ2n) is 13.6. The molecule has 15 nitrogen and oxygen atoms in total. The number of rotatable bonds is 12. The molecule has 15 heteroatoms. The Labute approximate surface area is 493 Å². The Hall–Kier alpha value is -3.41. The van der Waals surface area contributed by atoms with E-state index >= 15 is 24.0 Å². The van der Waals surface area contributed by atoms with Gasteiger partial charge in [0.1, 0.15) is 30.0 Å². The summed E-state index contributed by atoms with van der Waals surface area (Å²) in [4.78, 5) is 77.4. The van der Waals surface area contributed by atoms with Gasteiger partial charge in [-0.25, -0.2) is 4.79 Å². The van der Waals surface area contributed by atoms with Gasteiger partial charge in [0, 0.05) is 105 Å². The summed E-state index contributed by atoms with van der Waals surface area (Å²) in [6.07, 6.45) is -99.0. The van der Waals surface area contributed by atoms with Gasteiger partial charge in [0.25, 0.3) is 11.7 Å². The summed E-state index contributed by atoms with van der Waals surface area (Å²) in [5.74, 6) is -56.4. The standard InChI is InChI=1S/C54H85NO14/c1-32-17-13-12-14-18-33(2)45(64-9)30-41-22-20-37(6)54(63,69-41)51(60)52(61)55-24-16-15-19-42(55)53(62)68-46(35(4)28-40-21-23-44(67-26-25-56)47(29-40)65-10)31-43(57)34(3)27-36(5)48(58)50(66-11)49(59)39(8)38(32)7/h12-14,17-18,27,32,34-35,37-42,44-48,50,56,58,63H,15-16,19-26,28-31H2,1-11H3/b14-12+,17-13+,33-18+,36-27+/t32-,34-,35-,37-,38?,39-,40+,41+,42+,44-,45+,46+,47-,48-,50-,54-/m1/s1/i2D3,9D3,12D,13D,14D,15D2,16D2,17D,18D,19D2,20D2,21D2,22D2,23D2,24D2,25D2,26D2,27D,28D2,29D2,30D2,31D2,32D,34D,35D,37D,38D,39D,40D,41D,42D,44D,45D,46D,47D,48D,50D,56D,58D,63D. The van der Waals surface area contributed by atoms with E-state index in [-0.39, 0.29) is 55.8 Å². The summed E-state index contributed by atoms with van der Waals surface area (Å²) < 4.78 is 554. The van der Waals surface area contributed by atoms with Crippen LogP contribution in [0.5, 0.6) is 0 Å². The third-order valence-corrected chi connectivity index (χ3v) is 9.10. The lowest BCUT2D eigenvalue weighted by atomic mass is 9.78. The third-order valence-electron chi connectivity index (χ3n) is 9.10. The van der Waals surface area contributed by atoms with Crippen LogP contribution in [-0.4, -0.2) is 149 Å². The van der Waals surface area contributed by atoms with Crippen LogP contribution in [0.15, 0.2) is 47.5 Å². The number of allylic oxidation sites excluding steroid dienone is 6. The SMILES string of the molecule is [2H]OC([2H])([2H])C([2H])([2H])O[C@]1([2H])C([2H])([2H])C([2H])([2H])[C@@]([2H])(C([2H])([2H])[C@@]([2H])(C)[C@@]2([2H])OC(=O)[C@@]3([2H])N(C(=O)C(=O)[C@]4(O[2H])O[C@@]([2H])(C([2H])([2H])C([2H])([2H])[C@@]4([2H])C)C([2H])([2H])[C@]([2H])(OC([2H])([2H])[2H])/C(C([2H])([2H])[2H])=C([2H])/C([2H])=C([2H])/C([2H])=C(\[2H])[C@@]([2H])(C)C([2H])(C)[C@@]([2H])(C)C(=O)[C@]([2H])(OC)[C@]([2H])(O[2H])/C(C)=C(\[2H])[C@@]([2H])(C)C(=O)C2([2H])[2H])C([2H])([2H])C([2H])([2H])C([2H])([2H])C3([2H])[2H])C([2H])([2H])[C@@]1([2H])OC. The molecule has 4 aliphatic rings. The zero-order valence-electron chi connectivity index (χ0n) is 95.7. The maximum absolute atomic E-state index is 16.3. The van der Waals surface area contributed by atoms with Crippen molar-refractivity contribution in [3.63, 3.8) is 0 Å². The van der Waals surface area contributed by atoms with Gasteiger partial charge in [0.15, 0.2) is 5.78 Å². The van der Waals surface area contributed by atoms with Gasteiger partial charge in [-0.1, -0.05) is 77.9 Å². The lowest BCUT2D eigenvalue weighted by molar-refractivity contribution is -0.265. The largest absolute Gasteiger partial charge is 0.460 e. The fraction of sp³-hybridized carbons (Fsp3) is 0.759. The van der Waals surface area contributed by atoms with E-state index in [9.17, 15) is 37.0 Å². The molecule has 0 aromatic heterocycles. The van der Waals surface area contributed by atoms with Gasteiger partial charge in [-0.15, -0.1) is 0 Å². The topological polar surface area (TPSA) is 205 Å². The minimum absolute atomic E-state index is 0.0562. The summed E-state index contributed by atoms with van der Waals surface area (Å²) in [6, 6.07) is -20.0. The van der Waals surface area contributed by atoms with E-state index in [1.807, 2.05) is 0 Å². The van der Waals surface area contributed by atoms with Crippen LogP contribution < -0.4 is 0 Å². The van der Waals surface area contributed by atoms with Crippen LogP contribution in [0.1, 0.15) is 201 Å². The highest BCUT2D eigenvalue weighted by atomic mass is 16.6. The van der Waals surface area contributed by atoms with Crippen LogP contribution in [0.3, 0.4) is 0 Å². The number of Topliss-reactive ketones (excluding diaryl/α,β-unsaturated/α-hetero) is 3. The second-order valence-corrected chi connectivity index (χ2v) is 13.6. The molecule has 16 atom stereocenters. The molecule has 0 aromatic carbocycles. The monoisotopic (exact) mass is 1030 g/mol. The molecule has 0 aromatic rings. The first kappa shape index (κ1) is 17.1. The van der Waals surface area contributed by atoms with Crippen LogP contribution >= 0.6 is 0 Å². The first-order chi connectivity index (χ1) is 55.0. The van der Waals surface area contributed by atoms with Gasteiger partial charge in [0.2, 0.25) is 10.1 Å². The van der Waals surface area contributed by atoms with E-state index in [4.69, 9.17) is 61.6 Å². The fourth-order valence-electron chi connectivity index (χ4n) is 5.20. The lowest BCUT2D eigenvalue weighted by Crippen LogP contribution is -2.61. The van der Waals surface area contributed by atoms with Crippen LogP contribution in [-0.2, 0) is 52.4 Å². The number of amides is 1. The Bertz CT molecular complexity index is 4550. The molecule has 3 N–H and O–H groups in total. The van der Waals surface area contributed by atoms with Crippen molar-refractivity contribution in [3.8, 4) is 0 Å². The van der Waals surface area contributed by atoms with Crippen LogP contribution in [0, 0.1) is 41.3 Å². The molecule has 1 aliphatic carbocycles. The number of hydrogen-bond acceptors (Lipinski definition) is 14. The average molecular weight is 1030 g/mol. The van der Waals surface area contributed by atoms with Crippen LogP contribution in [0.4, 0.5) is 0 Å². The van der Waals surface area contributed by atoms with E-state index < -0.39 is 288 Å². The molecule has 3 aliphatic heterocycles. The number of aliphatic hydroxyl groups is 3. The van der Waals surface area contributed by atoms with Gasteiger partial charge in [-0.2, -0.15) is 0 Å². The highest BCUT2D eigenvalue weighted by Gasteiger charge is 2.53. The Kier molecular flexibility index (Phi) is 6.79. The minimum atomic E-state index is -6.30. The van der Waals surface area contributed by atoms with Crippen molar-refractivity contribution in [2.45, 2.75) is 180 Å². The van der Waals surface area contributed by atoms with Gasteiger partial charge in [-0.05, 0) is 106 Å². The smallest absolute Gasteiger partial charge is 0.329 e. The van der Waals surface area contributed by atoms with Gasteiger partial charge in [0.05, 0.1) is 66.2 Å². The van der Waals surface area contributed by atoms with Crippen LogP contribution in [0.2, 0.25) is 0 Å². The first-order valence-electron chi connectivity index (χ1n) is 47.9. The normalized spacial score (nSPS) is 79.1. The summed E-state index contributed by atoms with van der Waals surface area (Å²) in [6.45, 7) is -20.1. The molecule has 0 radical (unpaired) electrons. The summed E-state index contributed by atoms with van der Waals surface area (Å²) in [5, 5.41) is 12.3. The average Bonchev–Trinajstić information content (AvgIpc) is 0.649. The van der Waals surface area contributed by atoms with E-state index in [1.54, 1.807) is 0 Å². The maximum atomic E-state index is 16.3. The van der Waals surface area contributed by atoms with E-state index in [0.29, 0.717) is 0 Å². The molecule has 69 heavy (non-hydrogen) atoms. The maximum Gasteiger partial charge on any atom is 0.329 e. The first-order valence-corrected chi connectivity index (χ1v) is 19.2. The van der Waals surface area contributed by atoms with Crippen molar-refractivity contribution >= 4 is 29.2 Å². The number of methoxy groups -OCH3 is 3. The zero-order valence-corrected chi connectivity index (χ0v) is 37.7. The highest BCUT2D eigenvalue weighted by molar-refractivity contribution is 6.39. The molecule has 0 spiro atoms. The van der Waals surface area contributed by atoms with Gasteiger partial charge < -0.3 is 48.6 Å². The number of esters is 1. The highest BCUT2D eigenvalue weighted by Crippen LogP contribution is 2.38. The molecule has 2 bridgehead atoms. The number of hydrogen-bond donors (Lipinski definition) is 3.